The molecular formula is C26H20ClN3O4. The van der Waals surface area contributed by atoms with Crippen LogP contribution in [0.4, 0.5) is 0 Å². The maximum Gasteiger partial charge on any atom is 0.333 e. The van der Waals surface area contributed by atoms with Crippen LogP contribution < -0.4 is 16.0 Å². The molecule has 0 amide bonds. The highest BCUT2D eigenvalue weighted by atomic mass is 35.5. The fourth-order valence-corrected chi connectivity index (χ4v) is 4.44. The zero-order chi connectivity index (χ0) is 24.0. The Labute approximate surface area is 199 Å². The average Bonchev–Trinajstić information content (AvgIpc) is 3.16. The zero-order valence-corrected chi connectivity index (χ0v) is 19.1. The van der Waals surface area contributed by atoms with Gasteiger partial charge in [0, 0.05) is 11.3 Å². The third-order valence-corrected chi connectivity index (χ3v) is 6.10. The number of aromatic hydroxyl groups is 1. The molecule has 0 bridgehead atoms. The maximum absolute atomic E-state index is 13.5. The highest BCUT2D eigenvalue weighted by Crippen LogP contribution is 2.37. The predicted octanol–water partition coefficient (Wildman–Crippen LogP) is 4.81. The van der Waals surface area contributed by atoms with E-state index in [9.17, 15) is 14.7 Å². The van der Waals surface area contributed by atoms with E-state index < -0.39 is 11.2 Å². The van der Waals surface area contributed by atoms with Gasteiger partial charge >= 0.3 is 5.69 Å². The van der Waals surface area contributed by atoms with Crippen LogP contribution in [0.15, 0.2) is 82.4 Å². The van der Waals surface area contributed by atoms with E-state index in [1.165, 1.54) is 7.11 Å². The van der Waals surface area contributed by atoms with Gasteiger partial charge in [0.25, 0.3) is 5.56 Å². The number of hydrogen-bond donors (Lipinski definition) is 2. The van der Waals surface area contributed by atoms with Crippen molar-refractivity contribution in [1.82, 2.24) is 14.1 Å². The normalized spacial score (nSPS) is 11.1. The van der Waals surface area contributed by atoms with E-state index in [2.05, 4.69) is 4.98 Å². The van der Waals surface area contributed by atoms with Crippen LogP contribution in [0.2, 0.25) is 5.15 Å². The number of benzene rings is 3. The summed E-state index contributed by atoms with van der Waals surface area (Å²) < 4.78 is 7.91. The number of nitrogens with zero attached hydrogens (tertiary/aromatic N) is 2. The van der Waals surface area contributed by atoms with Crippen molar-refractivity contribution >= 4 is 22.6 Å². The van der Waals surface area contributed by atoms with Gasteiger partial charge < -0.3 is 14.8 Å². The minimum Gasteiger partial charge on any atom is -0.504 e. The molecular weight excluding hydrogens is 454 g/mol. The van der Waals surface area contributed by atoms with Crippen molar-refractivity contribution in [2.75, 3.05) is 7.11 Å². The van der Waals surface area contributed by atoms with E-state index in [1.54, 1.807) is 53.1 Å². The van der Waals surface area contributed by atoms with Crippen LogP contribution in [0, 0.1) is 6.92 Å². The van der Waals surface area contributed by atoms with E-state index in [1.807, 2.05) is 31.2 Å². The Morgan fingerprint density at radius 3 is 2.38 bits per heavy atom. The number of hydrogen-bond acceptors (Lipinski definition) is 4. The molecule has 5 aromatic rings. The third kappa shape index (κ3) is 3.38. The van der Waals surface area contributed by atoms with E-state index in [4.69, 9.17) is 16.3 Å². The summed E-state index contributed by atoms with van der Waals surface area (Å²) in [5.74, 6) is 0.419. The Kier molecular flexibility index (Phi) is 5.26. The quantitative estimate of drug-likeness (QED) is 0.392. The number of methoxy groups -OCH3 is 1. The number of fused-ring (bicyclic) bond motifs is 1. The molecule has 0 radical (unpaired) electrons. The molecule has 0 atom stereocenters. The Hall–Kier alpha value is -4.23. The van der Waals surface area contributed by atoms with Crippen molar-refractivity contribution in [3.05, 3.63) is 104 Å². The van der Waals surface area contributed by atoms with Crippen molar-refractivity contribution in [2.45, 2.75) is 6.92 Å². The SMILES string of the molecule is COc1cccc(-c2ccc(-n3c(Cl)cc4[nH]c(=O)n(-c5ccccc5C)c(=O)c43)cc2)c1O. The molecule has 2 heterocycles. The Bertz CT molecular complexity index is 1660. The minimum atomic E-state index is -0.538. The maximum atomic E-state index is 13.5. The van der Waals surface area contributed by atoms with Gasteiger partial charge in [-0.2, -0.15) is 0 Å². The van der Waals surface area contributed by atoms with Gasteiger partial charge in [0.15, 0.2) is 11.5 Å². The molecule has 0 fully saturated rings. The first kappa shape index (κ1) is 21.6. The lowest BCUT2D eigenvalue weighted by Gasteiger charge is -2.12. The summed E-state index contributed by atoms with van der Waals surface area (Å²) in [6.45, 7) is 1.84. The second-order valence-corrected chi connectivity index (χ2v) is 8.21. The van der Waals surface area contributed by atoms with E-state index >= 15 is 0 Å². The number of para-hydroxylation sites is 2. The Balaban J connectivity index is 1.69. The van der Waals surface area contributed by atoms with Gasteiger partial charge in [-0.15, -0.1) is 0 Å². The summed E-state index contributed by atoms with van der Waals surface area (Å²) in [4.78, 5) is 29.1. The Morgan fingerprint density at radius 1 is 0.941 bits per heavy atom. The lowest BCUT2D eigenvalue weighted by atomic mass is 10.0. The van der Waals surface area contributed by atoms with Crippen LogP contribution in [0.25, 0.3) is 33.5 Å². The predicted molar refractivity (Wildman–Crippen MR) is 133 cm³/mol. The summed E-state index contributed by atoms with van der Waals surface area (Å²) in [5, 5.41) is 10.8. The van der Waals surface area contributed by atoms with Gasteiger partial charge in [-0.1, -0.05) is 54.1 Å². The summed E-state index contributed by atoms with van der Waals surface area (Å²) >= 11 is 6.51. The van der Waals surface area contributed by atoms with E-state index in [0.717, 1.165) is 15.7 Å². The van der Waals surface area contributed by atoms with Crippen LogP contribution in [0.3, 0.4) is 0 Å². The summed E-state index contributed by atoms with van der Waals surface area (Å²) in [7, 11) is 1.50. The first-order chi connectivity index (χ1) is 16.4. The number of aromatic nitrogens is 3. The monoisotopic (exact) mass is 473 g/mol. The highest BCUT2D eigenvalue weighted by molar-refractivity contribution is 6.31. The van der Waals surface area contributed by atoms with Gasteiger partial charge in [-0.25, -0.2) is 9.36 Å². The fraction of sp³-hybridized carbons (Fsp3) is 0.0769. The van der Waals surface area contributed by atoms with E-state index in [0.29, 0.717) is 28.2 Å². The van der Waals surface area contributed by atoms with Crippen molar-refractivity contribution in [2.24, 2.45) is 0 Å². The molecule has 0 spiro atoms. The average molecular weight is 474 g/mol. The number of aromatic amines is 1. The smallest absolute Gasteiger partial charge is 0.333 e. The van der Waals surface area contributed by atoms with Crippen LogP contribution in [0.1, 0.15) is 5.56 Å². The van der Waals surface area contributed by atoms with Gasteiger partial charge in [0.1, 0.15) is 10.7 Å². The lowest BCUT2D eigenvalue weighted by molar-refractivity contribution is 0.374. The number of ether oxygens (including phenoxy) is 1. The van der Waals surface area contributed by atoms with Gasteiger partial charge in [0.05, 0.1) is 18.3 Å². The van der Waals surface area contributed by atoms with Crippen molar-refractivity contribution in [3.8, 4) is 34.0 Å². The second kappa shape index (κ2) is 8.28. The zero-order valence-electron chi connectivity index (χ0n) is 18.4. The first-order valence-corrected chi connectivity index (χ1v) is 10.9. The summed E-state index contributed by atoms with van der Waals surface area (Å²) in [6, 6.07) is 21.2. The molecule has 170 valence electrons. The molecule has 2 N–H and O–H groups in total. The molecule has 8 heteroatoms. The van der Waals surface area contributed by atoms with Crippen LogP contribution in [0.5, 0.6) is 11.5 Å². The topological polar surface area (TPSA) is 89.2 Å². The minimum absolute atomic E-state index is 0.0425. The molecule has 0 saturated heterocycles. The molecule has 0 saturated carbocycles. The third-order valence-electron chi connectivity index (χ3n) is 5.82. The number of nitrogens with one attached hydrogen (secondary N) is 1. The first-order valence-electron chi connectivity index (χ1n) is 10.5. The number of aryl methyl sites for hydroxylation is 1. The van der Waals surface area contributed by atoms with Crippen molar-refractivity contribution < 1.29 is 9.84 Å². The number of phenolic OH excluding ortho intramolecular Hbond substituents is 1. The van der Waals surface area contributed by atoms with Crippen molar-refractivity contribution in [3.63, 3.8) is 0 Å². The molecule has 2 aromatic heterocycles. The number of rotatable bonds is 4. The second-order valence-electron chi connectivity index (χ2n) is 7.83. The van der Waals surface area contributed by atoms with Crippen LogP contribution >= 0.6 is 11.6 Å². The highest BCUT2D eigenvalue weighted by Gasteiger charge is 2.18. The molecule has 0 aliphatic carbocycles. The number of H-pyrrole nitrogens is 1. The Morgan fingerprint density at radius 2 is 1.68 bits per heavy atom. The standard InChI is InChI=1S/C26H20ClN3O4/c1-15-6-3-4-8-20(15)30-25(32)23-19(28-26(30)33)14-22(27)29(23)17-12-10-16(11-13-17)18-7-5-9-21(34-2)24(18)31/h3-14,31H,1-2H3,(H,28,33). The van der Waals surface area contributed by atoms with Crippen LogP contribution in [-0.4, -0.2) is 26.3 Å². The fourth-order valence-electron chi connectivity index (χ4n) is 4.15. The van der Waals surface area contributed by atoms with Crippen LogP contribution in [-0.2, 0) is 0 Å². The van der Waals surface area contributed by atoms with Gasteiger partial charge in [-0.3, -0.25) is 9.36 Å². The number of phenols is 1. The lowest BCUT2D eigenvalue weighted by Crippen LogP contribution is -2.34. The molecule has 0 unspecified atom stereocenters. The summed E-state index contributed by atoms with van der Waals surface area (Å²) in [6.07, 6.45) is 0. The van der Waals surface area contributed by atoms with Gasteiger partial charge in [-0.05, 0) is 48.4 Å². The molecule has 7 nitrogen and oxygen atoms in total. The largest absolute Gasteiger partial charge is 0.504 e. The molecule has 34 heavy (non-hydrogen) atoms. The van der Waals surface area contributed by atoms with Crippen molar-refractivity contribution in [1.29, 1.82) is 0 Å². The summed E-state index contributed by atoms with van der Waals surface area (Å²) in [5.41, 5.74) is 2.89. The molecule has 0 aliphatic rings. The molecule has 3 aromatic carbocycles. The van der Waals surface area contributed by atoms with E-state index in [-0.39, 0.29) is 16.4 Å². The molecule has 5 rings (SSSR count). The molecule has 0 aliphatic heterocycles. The van der Waals surface area contributed by atoms with Gasteiger partial charge in [0.2, 0.25) is 0 Å². The number of halogens is 1.